The number of carbonyl (C=O) groups excluding carboxylic acids is 1. The van der Waals surface area contributed by atoms with Crippen LogP contribution in [0.15, 0.2) is 22.7 Å². The second-order valence-corrected chi connectivity index (χ2v) is 5.52. The Labute approximate surface area is 130 Å². The first-order chi connectivity index (χ1) is 9.01. The van der Waals surface area contributed by atoms with E-state index in [1.807, 2.05) is 0 Å². The monoisotopic (exact) mass is 363 g/mol. The van der Waals surface area contributed by atoms with Crippen molar-refractivity contribution in [2.45, 2.75) is 18.9 Å². The van der Waals surface area contributed by atoms with Crippen molar-refractivity contribution in [3.05, 3.63) is 38.3 Å². The molecule has 2 rings (SSSR count). The van der Waals surface area contributed by atoms with Crippen LogP contribution < -0.4 is 11.1 Å². The lowest BCUT2D eigenvalue weighted by molar-refractivity contribution is -0.385. The topological polar surface area (TPSA) is 98.3 Å². The number of halogens is 2. The Kier molecular flexibility index (Phi) is 5.91. The molecule has 1 unspecified atom stereocenters. The minimum Gasteiger partial charge on any atom is -0.348 e. The normalized spacial score (nSPS) is 15.1. The molecule has 1 fully saturated rings. The fraction of sp³-hybridized carbons (Fsp3) is 0.417. The lowest BCUT2D eigenvalue weighted by Crippen LogP contribution is -2.41. The van der Waals surface area contributed by atoms with Gasteiger partial charge in [0.25, 0.3) is 11.6 Å². The standard InChI is InChI=1S/C12H14BrN3O3.ClH/c13-9-3-8(4-10(5-9)16(18)19)12(17)15-11(6-14)7-1-2-7;/h3-5,7,11H,1-2,6,14H2,(H,15,17);1H. The van der Waals surface area contributed by atoms with Crippen molar-refractivity contribution in [2.75, 3.05) is 6.54 Å². The molecule has 110 valence electrons. The highest BCUT2D eigenvalue weighted by atomic mass is 79.9. The van der Waals surface area contributed by atoms with Crippen molar-refractivity contribution in [3.8, 4) is 0 Å². The lowest BCUT2D eigenvalue weighted by atomic mass is 10.1. The molecular formula is C12H15BrClN3O3. The first kappa shape index (κ1) is 16.9. The molecule has 1 saturated carbocycles. The number of nitro groups is 1. The summed E-state index contributed by atoms with van der Waals surface area (Å²) in [5.41, 5.74) is 5.76. The molecule has 6 nitrogen and oxygen atoms in total. The van der Waals surface area contributed by atoms with Gasteiger partial charge in [-0.1, -0.05) is 15.9 Å². The summed E-state index contributed by atoms with van der Waals surface area (Å²) in [7, 11) is 0. The number of nitrogens with one attached hydrogen (secondary N) is 1. The SMILES string of the molecule is Cl.NCC(NC(=O)c1cc(Br)cc([N+](=O)[O-])c1)C1CC1. The van der Waals surface area contributed by atoms with Crippen LogP contribution in [0.25, 0.3) is 0 Å². The second kappa shape index (κ2) is 7.01. The molecule has 0 aliphatic heterocycles. The molecule has 0 bridgehead atoms. The molecule has 1 aromatic rings. The van der Waals surface area contributed by atoms with E-state index in [4.69, 9.17) is 5.73 Å². The number of hydrogen-bond donors (Lipinski definition) is 2. The van der Waals surface area contributed by atoms with Gasteiger partial charge in [0.15, 0.2) is 0 Å². The van der Waals surface area contributed by atoms with Gasteiger partial charge in [0.05, 0.1) is 4.92 Å². The Morgan fingerprint density at radius 1 is 1.50 bits per heavy atom. The van der Waals surface area contributed by atoms with Gasteiger partial charge < -0.3 is 11.1 Å². The number of nitro benzene ring substituents is 1. The lowest BCUT2D eigenvalue weighted by Gasteiger charge is -2.16. The molecule has 0 saturated heterocycles. The van der Waals surface area contributed by atoms with E-state index in [0.29, 0.717) is 16.9 Å². The van der Waals surface area contributed by atoms with E-state index in [0.717, 1.165) is 12.8 Å². The highest BCUT2D eigenvalue weighted by Crippen LogP contribution is 2.32. The zero-order chi connectivity index (χ0) is 14.0. The second-order valence-electron chi connectivity index (χ2n) is 4.61. The Hall–Kier alpha value is -1.18. The molecule has 0 aromatic heterocycles. The fourth-order valence-electron chi connectivity index (χ4n) is 1.93. The van der Waals surface area contributed by atoms with Crippen molar-refractivity contribution in [1.29, 1.82) is 0 Å². The Balaban J connectivity index is 0.00000200. The van der Waals surface area contributed by atoms with Crippen LogP contribution >= 0.6 is 28.3 Å². The molecule has 1 atom stereocenters. The molecule has 1 amide bonds. The van der Waals surface area contributed by atoms with E-state index in [1.54, 1.807) is 6.07 Å². The predicted molar refractivity (Wildman–Crippen MR) is 81.1 cm³/mol. The number of carbonyl (C=O) groups is 1. The zero-order valence-electron chi connectivity index (χ0n) is 10.5. The van der Waals surface area contributed by atoms with Gasteiger partial charge in [-0.15, -0.1) is 12.4 Å². The first-order valence-corrected chi connectivity index (χ1v) is 6.76. The summed E-state index contributed by atoms with van der Waals surface area (Å²) >= 11 is 3.17. The summed E-state index contributed by atoms with van der Waals surface area (Å²) in [5.74, 6) is 0.114. The van der Waals surface area contributed by atoms with Crippen LogP contribution in [0.1, 0.15) is 23.2 Å². The third-order valence-corrected chi connectivity index (χ3v) is 3.57. The van der Waals surface area contributed by atoms with Crippen LogP contribution in [-0.4, -0.2) is 23.4 Å². The van der Waals surface area contributed by atoms with Crippen LogP contribution in [0.5, 0.6) is 0 Å². The quantitative estimate of drug-likeness (QED) is 0.618. The number of hydrogen-bond acceptors (Lipinski definition) is 4. The maximum Gasteiger partial charge on any atom is 0.271 e. The largest absolute Gasteiger partial charge is 0.348 e. The van der Waals surface area contributed by atoms with Crippen LogP contribution in [0.3, 0.4) is 0 Å². The molecule has 1 aliphatic carbocycles. The van der Waals surface area contributed by atoms with Crippen LogP contribution in [0, 0.1) is 16.0 Å². The van der Waals surface area contributed by atoms with Crippen molar-refractivity contribution in [1.82, 2.24) is 5.32 Å². The van der Waals surface area contributed by atoms with Gasteiger partial charge in [-0.2, -0.15) is 0 Å². The van der Waals surface area contributed by atoms with Crippen molar-refractivity contribution in [2.24, 2.45) is 11.7 Å². The third-order valence-electron chi connectivity index (χ3n) is 3.12. The maximum atomic E-state index is 12.1. The summed E-state index contributed by atoms with van der Waals surface area (Å²) < 4.78 is 0.502. The maximum absolute atomic E-state index is 12.1. The van der Waals surface area contributed by atoms with Gasteiger partial charge >= 0.3 is 0 Å². The zero-order valence-corrected chi connectivity index (χ0v) is 12.9. The minimum atomic E-state index is -0.525. The molecule has 20 heavy (non-hydrogen) atoms. The summed E-state index contributed by atoms with van der Waals surface area (Å²) in [4.78, 5) is 22.3. The average molecular weight is 365 g/mol. The molecule has 0 radical (unpaired) electrons. The van der Waals surface area contributed by atoms with Crippen molar-refractivity contribution in [3.63, 3.8) is 0 Å². The average Bonchev–Trinajstić information content (AvgIpc) is 3.19. The summed E-state index contributed by atoms with van der Waals surface area (Å²) in [6.07, 6.45) is 2.14. The van der Waals surface area contributed by atoms with Crippen molar-refractivity contribution < 1.29 is 9.72 Å². The molecule has 0 spiro atoms. The fourth-order valence-corrected chi connectivity index (χ4v) is 2.41. The van der Waals surface area contributed by atoms with Crippen molar-refractivity contribution >= 4 is 39.9 Å². The predicted octanol–water partition coefficient (Wildman–Crippen LogP) is 2.25. The molecular weight excluding hydrogens is 350 g/mol. The van der Waals surface area contributed by atoms with Gasteiger partial charge in [0.2, 0.25) is 0 Å². The smallest absolute Gasteiger partial charge is 0.271 e. The summed E-state index contributed by atoms with van der Waals surface area (Å²) in [6, 6.07) is 4.13. The highest BCUT2D eigenvalue weighted by Gasteiger charge is 2.31. The summed E-state index contributed by atoms with van der Waals surface area (Å²) in [5, 5.41) is 13.6. The number of nitrogens with zero attached hydrogens (tertiary/aromatic N) is 1. The van der Waals surface area contributed by atoms with Gasteiger partial charge in [0.1, 0.15) is 0 Å². The van der Waals surface area contributed by atoms with Gasteiger partial charge in [-0.25, -0.2) is 0 Å². The first-order valence-electron chi connectivity index (χ1n) is 5.97. The van der Waals surface area contributed by atoms with E-state index < -0.39 is 4.92 Å². The molecule has 1 aromatic carbocycles. The van der Waals surface area contributed by atoms with Crippen LogP contribution in [0.2, 0.25) is 0 Å². The summed E-state index contributed by atoms with van der Waals surface area (Å²) in [6.45, 7) is 0.381. The number of non-ortho nitro benzene ring substituents is 1. The third kappa shape index (κ3) is 4.16. The van der Waals surface area contributed by atoms with E-state index >= 15 is 0 Å². The molecule has 0 heterocycles. The van der Waals surface area contributed by atoms with Gasteiger partial charge in [-0.05, 0) is 24.8 Å². The van der Waals surface area contributed by atoms with E-state index in [2.05, 4.69) is 21.2 Å². The van der Waals surface area contributed by atoms with E-state index in [9.17, 15) is 14.9 Å². The molecule has 8 heteroatoms. The number of amides is 1. The van der Waals surface area contributed by atoms with Crippen LogP contribution in [-0.2, 0) is 0 Å². The number of rotatable bonds is 5. The van der Waals surface area contributed by atoms with E-state index in [-0.39, 0.29) is 35.6 Å². The Morgan fingerprint density at radius 3 is 2.65 bits per heavy atom. The molecule has 1 aliphatic rings. The van der Waals surface area contributed by atoms with E-state index in [1.165, 1.54) is 12.1 Å². The molecule has 3 N–H and O–H groups in total. The van der Waals surface area contributed by atoms with Crippen LogP contribution in [0.4, 0.5) is 5.69 Å². The number of nitrogens with two attached hydrogens (primary N) is 1. The Bertz CT molecular complexity index is 523. The highest BCUT2D eigenvalue weighted by molar-refractivity contribution is 9.10. The minimum absolute atomic E-state index is 0. The van der Waals surface area contributed by atoms with Gasteiger partial charge in [-0.3, -0.25) is 14.9 Å². The number of benzene rings is 1. The van der Waals surface area contributed by atoms with Gasteiger partial charge in [0, 0.05) is 34.8 Å². The Morgan fingerprint density at radius 2 is 2.15 bits per heavy atom.